The van der Waals surface area contributed by atoms with Crippen LogP contribution >= 0.6 is 0 Å². The second-order valence-electron chi connectivity index (χ2n) is 5.60. The van der Waals surface area contributed by atoms with E-state index in [9.17, 15) is 14.7 Å². The third-order valence-corrected chi connectivity index (χ3v) is 3.75. The topological polar surface area (TPSA) is 69.2 Å². The third-order valence-electron chi connectivity index (χ3n) is 3.75. The third kappa shape index (κ3) is 3.83. The van der Waals surface area contributed by atoms with Gasteiger partial charge in [-0.2, -0.15) is 0 Å². The van der Waals surface area contributed by atoms with Gasteiger partial charge in [-0.15, -0.1) is 0 Å². The molecule has 108 valence electrons. The monoisotopic (exact) mass is 274 g/mol. The van der Waals surface area contributed by atoms with Gasteiger partial charge in [0.25, 0.3) is 0 Å². The fraction of sp³-hybridized carbons (Fsp3) is 0.500. The van der Waals surface area contributed by atoms with Gasteiger partial charge in [0.15, 0.2) is 0 Å². The van der Waals surface area contributed by atoms with Crippen molar-refractivity contribution in [1.82, 2.24) is 5.32 Å². The van der Waals surface area contributed by atoms with E-state index in [4.69, 9.17) is 0 Å². The van der Waals surface area contributed by atoms with Crippen LogP contribution in [0, 0.1) is 5.92 Å². The lowest BCUT2D eigenvalue weighted by molar-refractivity contribution is -0.306. The van der Waals surface area contributed by atoms with E-state index in [1.165, 1.54) is 11.1 Å². The maximum absolute atomic E-state index is 12.0. The Morgan fingerprint density at radius 2 is 2.10 bits per heavy atom. The molecule has 1 aliphatic carbocycles. The number of rotatable bonds is 5. The van der Waals surface area contributed by atoms with Gasteiger partial charge >= 0.3 is 0 Å². The van der Waals surface area contributed by atoms with Gasteiger partial charge in [-0.1, -0.05) is 31.2 Å². The first-order valence-electron chi connectivity index (χ1n) is 7.13. The number of carbonyl (C=O) groups excluding carboxylic acids is 2. The Hall–Kier alpha value is -1.84. The van der Waals surface area contributed by atoms with Crippen LogP contribution < -0.4 is 10.4 Å². The highest BCUT2D eigenvalue weighted by molar-refractivity contribution is 5.77. The van der Waals surface area contributed by atoms with Gasteiger partial charge in [0.2, 0.25) is 5.91 Å². The van der Waals surface area contributed by atoms with Crippen molar-refractivity contribution in [3.05, 3.63) is 35.4 Å². The summed E-state index contributed by atoms with van der Waals surface area (Å²) in [4.78, 5) is 22.5. The second kappa shape index (κ2) is 6.55. The SMILES string of the molecule is C[C@@H](CC(=O)[O-])CC(=O)N[C@H]1CCCc2ccccc21. The minimum absolute atomic E-state index is 0.0580. The molecule has 20 heavy (non-hydrogen) atoms. The minimum atomic E-state index is -1.10. The zero-order chi connectivity index (χ0) is 14.5. The van der Waals surface area contributed by atoms with Gasteiger partial charge in [0.1, 0.15) is 0 Å². The number of aliphatic carboxylic acids is 1. The number of carboxylic acid groups (broad SMARTS) is 1. The molecule has 0 aromatic heterocycles. The number of amides is 1. The molecule has 1 aromatic carbocycles. The van der Waals surface area contributed by atoms with Gasteiger partial charge in [0, 0.05) is 12.4 Å². The lowest BCUT2D eigenvalue weighted by Crippen LogP contribution is -2.33. The molecule has 0 heterocycles. The molecule has 2 rings (SSSR count). The molecular weight excluding hydrogens is 254 g/mol. The summed E-state index contributed by atoms with van der Waals surface area (Å²) in [6.07, 6.45) is 3.22. The largest absolute Gasteiger partial charge is 0.550 e. The fourth-order valence-electron chi connectivity index (χ4n) is 2.83. The Kier molecular flexibility index (Phi) is 4.77. The van der Waals surface area contributed by atoms with Gasteiger partial charge in [-0.3, -0.25) is 4.79 Å². The Balaban J connectivity index is 1.94. The van der Waals surface area contributed by atoms with Crippen LogP contribution in [0.4, 0.5) is 0 Å². The zero-order valence-electron chi connectivity index (χ0n) is 11.7. The van der Waals surface area contributed by atoms with E-state index in [-0.39, 0.29) is 30.7 Å². The van der Waals surface area contributed by atoms with Crippen molar-refractivity contribution in [2.45, 2.75) is 45.1 Å². The van der Waals surface area contributed by atoms with Gasteiger partial charge in [0.05, 0.1) is 6.04 Å². The quantitative estimate of drug-likeness (QED) is 0.881. The van der Waals surface area contributed by atoms with Gasteiger partial charge in [-0.05, 0) is 42.7 Å². The summed E-state index contributed by atoms with van der Waals surface area (Å²) in [7, 11) is 0. The predicted molar refractivity (Wildman–Crippen MR) is 73.7 cm³/mol. The van der Waals surface area contributed by atoms with E-state index in [1.54, 1.807) is 6.92 Å². The van der Waals surface area contributed by atoms with Crippen LogP contribution in [-0.2, 0) is 16.0 Å². The second-order valence-corrected chi connectivity index (χ2v) is 5.60. The highest BCUT2D eigenvalue weighted by Gasteiger charge is 2.21. The minimum Gasteiger partial charge on any atom is -0.550 e. The molecule has 0 radical (unpaired) electrons. The number of fused-ring (bicyclic) bond motifs is 1. The Bertz CT molecular complexity index is 498. The summed E-state index contributed by atoms with van der Waals surface area (Å²) in [5, 5.41) is 13.5. The number of nitrogens with one attached hydrogen (secondary N) is 1. The van der Waals surface area contributed by atoms with E-state index in [0.717, 1.165) is 19.3 Å². The molecule has 1 N–H and O–H groups in total. The van der Waals surface area contributed by atoms with E-state index < -0.39 is 5.97 Å². The molecule has 0 fully saturated rings. The Labute approximate surface area is 119 Å². The molecule has 0 aliphatic heterocycles. The lowest BCUT2D eigenvalue weighted by atomic mass is 9.87. The van der Waals surface area contributed by atoms with Crippen molar-refractivity contribution in [2.75, 3.05) is 0 Å². The van der Waals surface area contributed by atoms with Gasteiger partial charge < -0.3 is 15.2 Å². The first-order valence-corrected chi connectivity index (χ1v) is 7.13. The summed E-state index contributed by atoms with van der Waals surface area (Å²) in [5.74, 6) is -1.38. The van der Waals surface area contributed by atoms with Crippen molar-refractivity contribution >= 4 is 11.9 Å². The van der Waals surface area contributed by atoms with Crippen molar-refractivity contribution < 1.29 is 14.7 Å². The molecule has 0 saturated carbocycles. The maximum atomic E-state index is 12.0. The summed E-state index contributed by atoms with van der Waals surface area (Å²) in [5.41, 5.74) is 2.49. The summed E-state index contributed by atoms with van der Waals surface area (Å²) in [6.45, 7) is 1.75. The van der Waals surface area contributed by atoms with Crippen LogP contribution in [-0.4, -0.2) is 11.9 Å². The molecule has 1 aromatic rings. The molecule has 0 unspecified atom stereocenters. The zero-order valence-corrected chi connectivity index (χ0v) is 11.7. The van der Waals surface area contributed by atoms with Crippen LogP contribution in [0.3, 0.4) is 0 Å². The molecular formula is C16H20NO3-. The summed E-state index contributed by atoms with van der Waals surface area (Å²) >= 11 is 0. The molecule has 0 spiro atoms. The number of benzene rings is 1. The van der Waals surface area contributed by atoms with E-state index in [2.05, 4.69) is 17.4 Å². The smallest absolute Gasteiger partial charge is 0.220 e. The Morgan fingerprint density at radius 3 is 2.85 bits per heavy atom. The molecule has 2 atom stereocenters. The Morgan fingerprint density at radius 1 is 1.35 bits per heavy atom. The number of aryl methyl sites for hydroxylation is 1. The van der Waals surface area contributed by atoms with Crippen molar-refractivity contribution in [3.63, 3.8) is 0 Å². The van der Waals surface area contributed by atoms with Crippen molar-refractivity contribution in [2.24, 2.45) is 5.92 Å². The van der Waals surface area contributed by atoms with Crippen LogP contribution in [0.1, 0.15) is 49.8 Å². The average molecular weight is 274 g/mol. The fourth-order valence-corrected chi connectivity index (χ4v) is 2.83. The number of carboxylic acids is 1. The number of hydrogen-bond donors (Lipinski definition) is 1. The van der Waals surface area contributed by atoms with Crippen LogP contribution in [0.2, 0.25) is 0 Å². The standard InChI is InChI=1S/C16H21NO3/c1-11(10-16(19)20)9-15(18)17-14-8-4-6-12-5-2-3-7-13(12)14/h2-3,5,7,11,14H,4,6,8-10H2,1H3,(H,17,18)(H,19,20)/p-1/t11-,14+/m1/s1. The van der Waals surface area contributed by atoms with Crippen LogP contribution in [0.25, 0.3) is 0 Å². The first kappa shape index (κ1) is 14.6. The van der Waals surface area contributed by atoms with Crippen molar-refractivity contribution in [3.8, 4) is 0 Å². The van der Waals surface area contributed by atoms with Crippen LogP contribution in [0.15, 0.2) is 24.3 Å². The number of hydrogen-bond acceptors (Lipinski definition) is 3. The molecule has 4 nitrogen and oxygen atoms in total. The molecule has 1 amide bonds. The predicted octanol–water partition coefficient (Wildman–Crippen LogP) is 1.35. The normalized spacial score (nSPS) is 18.9. The van der Waals surface area contributed by atoms with Crippen LogP contribution in [0.5, 0.6) is 0 Å². The summed E-state index contributed by atoms with van der Waals surface area (Å²) < 4.78 is 0. The first-order chi connectivity index (χ1) is 9.56. The van der Waals surface area contributed by atoms with E-state index >= 15 is 0 Å². The van der Waals surface area contributed by atoms with E-state index in [1.807, 2.05) is 12.1 Å². The maximum Gasteiger partial charge on any atom is 0.220 e. The highest BCUT2D eigenvalue weighted by Crippen LogP contribution is 2.29. The molecule has 1 aliphatic rings. The lowest BCUT2D eigenvalue weighted by Gasteiger charge is -2.26. The molecule has 4 heteroatoms. The highest BCUT2D eigenvalue weighted by atomic mass is 16.4. The van der Waals surface area contributed by atoms with Gasteiger partial charge in [-0.25, -0.2) is 0 Å². The molecule has 0 bridgehead atoms. The summed E-state index contributed by atoms with van der Waals surface area (Å²) in [6, 6.07) is 8.23. The van der Waals surface area contributed by atoms with Crippen molar-refractivity contribution in [1.29, 1.82) is 0 Å². The molecule has 0 saturated heterocycles. The average Bonchev–Trinajstić information content (AvgIpc) is 2.38. The number of carbonyl (C=O) groups is 2. The van der Waals surface area contributed by atoms with E-state index in [0.29, 0.717) is 0 Å².